The molecule has 0 saturated carbocycles. The van der Waals surface area contributed by atoms with Crippen LogP contribution in [0.2, 0.25) is 0 Å². The number of pyridine rings is 1. The molecule has 1 unspecified atom stereocenters. The summed E-state index contributed by atoms with van der Waals surface area (Å²) in [5.41, 5.74) is 0.683. The van der Waals surface area contributed by atoms with Crippen LogP contribution in [0.5, 0.6) is 0 Å². The van der Waals surface area contributed by atoms with E-state index in [0.717, 1.165) is 57.4 Å². The number of anilines is 2. The summed E-state index contributed by atoms with van der Waals surface area (Å²) in [4.78, 5) is 11.8. The lowest BCUT2D eigenvalue weighted by atomic mass is 9.97. The van der Waals surface area contributed by atoms with Gasteiger partial charge in [-0.15, -0.1) is 14.8 Å². The van der Waals surface area contributed by atoms with Gasteiger partial charge in [0, 0.05) is 52.0 Å². The number of rotatable bonds is 4. The fourth-order valence-electron chi connectivity index (χ4n) is 4.30. The second-order valence-corrected chi connectivity index (χ2v) is 7.65. The van der Waals surface area contributed by atoms with Gasteiger partial charge in [-0.2, -0.15) is 0 Å². The molecule has 0 aromatic carbocycles. The summed E-state index contributed by atoms with van der Waals surface area (Å²) in [6.07, 6.45) is 4.36. The van der Waals surface area contributed by atoms with E-state index in [1.807, 2.05) is 24.4 Å². The van der Waals surface area contributed by atoms with Gasteiger partial charge in [0.15, 0.2) is 11.5 Å². The fraction of sp³-hybridized carbons (Fsp3) is 0.526. The van der Waals surface area contributed by atoms with Crippen LogP contribution in [0.4, 0.5) is 11.6 Å². The second kappa shape index (κ2) is 7.67. The van der Waals surface area contributed by atoms with Crippen LogP contribution in [-0.4, -0.2) is 81.0 Å². The molecular formula is C19H25N9. The van der Waals surface area contributed by atoms with Gasteiger partial charge in [0.1, 0.15) is 5.82 Å². The van der Waals surface area contributed by atoms with Crippen molar-refractivity contribution in [2.45, 2.75) is 12.8 Å². The summed E-state index contributed by atoms with van der Waals surface area (Å²) in [6.45, 7) is 7.53. The molecule has 5 rings (SSSR count). The van der Waals surface area contributed by atoms with Crippen LogP contribution in [0, 0.1) is 5.92 Å². The smallest absolute Gasteiger partial charge is 0.200 e. The highest BCUT2D eigenvalue weighted by Crippen LogP contribution is 2.23. The molecule has 2 fully saturated rings. The molecule has 2 aliphatic rings. The van der Waals surface area contributed by atoms with Gasteiger partial charge >= 0.3 is 0 Å². The summed E-state index contributed by atoms with van der Waals surface area (Å²) in [5.74, 6) is 2.72. The summed E-state index contributed by atoms with van der Waals surface area (Å²) in [6, 6.07) is 10.1. The highest BCUT2D eigenvalue weighted by molar-refractivity contribution is 5.44. The molecule has 28 heavy (non-hydrogen) atoms. The van der Waals surface area contributed by atoms with Crippen LogP contribution in [0.15, 0.2) is 36.5 Å². The number of hydrogen-bond donors (Lipinski definition) is 0. The standard InChI is InChI=1S/C19H25N9/c1-2-8-20-17(5-1)26-12-10-25(11-13-26)14-16-4-3-9-27(15-16)19-7-6-18-21-23-24-28(18)22-19/h1-2,5-8,16H,3-4,9-15H2. The molecule has 0 bridgehead atoms. The molecule has 2 saturated heterocycles. The zero-order valence-corrected chi connectivity index (χ0v) is 15.9. The Hall–Kier alpha value is -2.81. The molecule has 2 aliphatic heterocycles. The Morgan fingerprint density at radius 3 is 2.71 bits per heavy atom. The molecule has 0 aliphatic carbocycles. The Bertz CT molecular complexity index is 904. The summed E-state index contributed by atoms with van der Waals surface area (Å²) in [7, 11) is 0. The Morgan fingerprint density at radius 1 is 0.929 bits per heavy atom. The molecular weight excluding hydrogens is 354 g/mol. The minimum atomic E-state index is 0.668. The molecule has 9 nitrogen and oxygen atoms in total. The Labute approximate surface area is 163 Å². The van der Waals surface area contributed by atoms with Crippen molar-refractivity contribution in [2.24, 2.45) is 5.92 Å². The van der Waals surface area contributed by atoms with Crippen molar-refractivity contribution in [3.05, 3.63) is 36.5 Å². The SMILES string of the molecule is c1ccc(N2CCN(CC3CCCN(c4ccc5nnnn5n4)C3)CC2)nc1. The van der Waals surface area contributed by atoms with E-state index in [-0.39, 0.29) is 0 Å². The van der Waals surface area contributed by atoms with Crippen LogP contribution >= 0.6 is 0 Å². The third kappa shape index (κ3) is 3.62. The van der Waals surface area contributed by atoms with E-state index in [1.165, 1.54) is 17.5 Å². The lowest BCUT2D eigenvalue weighted by molar-refractivity contribution is 0.205. The van der Waals surface area contributed by atoms with E-state index in [2.05, 4.69) is 52.4 Å². The molecule has 3 aromatic rings. The minimum Gasteiger partial charge on any atom is -0.355 e. The Kier molecular flexibility index (Phi) is 4.74. The maximum absolute atomic E-state index is 4.56. The highest BCUT2D eigenvalue weighted by Gasteiger charge is 2.25. The van der Waals surface area contributed by atoms with Crippen molar-refractivity contribution in [1.29, 1.82) is 0 Å². The average molecular weight is 379 g/mol. The van der Waals surface area contributed by atoms with Gasteiger partial charge in [-0.05, 0) is 53.5 Å². The molecule has 146 valence electrons. The lowest BCUT2D eigenvalue weighted by Crippen LogP contribution is -2.50. The number of aromatic nitrogens is 6. The van der Waals surface area contributed by atoms with Gasteiger partial charge in [-0.3, -0.25) is 4.90 Å². The largest absolute Gasteiger partial charge is 0.355 e. The number of tetrazole rings is 1. The number of piperidine rings is 1. The van der Waals surface area contributed by atoms with Crippen LogP contribution in [0.25, 0.3) is 5.65 Å². The van der Waals surface area contributed by atoms with Gasteiger partial charge in [0.25, 0.3) is 0 Å². The highest BCUT2D eigenvalue weighted by atomic mass is 15.6. The zero-order valence-electron chi connectivity index (χ0n) is 15.9. The van der Waals surface area contributed by atoms with Crippen molar-refractivity contribution in [1.82, 2.24) is 35.1 Å². The molecule has 3 aromatic heterocycles. The van der Waals surface area contributed by atoms with E-state index in [4.69, 9.17) is 0 Å². The van der Waals surface area contributed by atoms with Gasteiger partial charge in [-0.25, -0.2) is 4.98 Å². The lowest BCUT2D eigenvalue weighted by Gasteiger charge is -2.39. The fourth-order valence-corrected chi connectivity index (χ4v) is 4.30. The zero-order chi connectivity index (χ0) is 18.8. The predicted octanol–water partition coefficient (Wildman–Crippen LogP) is 0.953. The molecule has 5 heterocycles. The molecule has 1 atom stereocenters. The summed E-state index contributed by atoms with van der Waals surface area (Å²) < 4.78 is 1.51. The number of piperazine rings is 1. The first-order chi connectivity index (χ1) is 13.8. The number of fused-ring (bicyclic) bond motifs is 1. The van der Waals surface area contributed by atoms with Gasteiger partial charge in [0.05, 0.1) is 0 Å². The maximum Gasteiger partial charge on any atom is 0.200 e. The summed E-state index contributed by atoms with van der Waals surface area (Å²) in [5, 5.41) is 16.1. The third-order valence-corrected chi connectivity index (χ3v) is 5.76. The Balaban J connectivity index is 1.17. The molecule has 0 radical (unpaired) electrons. The predicted molar refractivity (Wildman–Crippen MR) is 106 cm³/mol. The van der Waals surface area contributed by atoms with Crippen molar-refractivity contribution in [3.63, 3.8) is 0 Å². The maximum atomic E-state index is 4.56. The van der Waals surface area contributed by atoms with E-state index >= 15 is 0 Å². The summed E-state index contributed by atoms with van der Waals surface area (Å²) >= 11 is 0. The third-order valence-electron chi connectivity index (χ3n) is 5.76. The van der Waals surface area contributed by atoms with E-state index in [9.17, 15) is 0 Å². The first kappa shape index (κ1) is 17.3. The molecule has 0 amide bonds. The van der Waals surface area contributed by atoms with Crippen molar-refractivity contribution >= 4 is 17.3 Å². The minimum absolute atomic E-state index is 0.668. The number of nitrogens with zero attached hydrogens (tertiary/aromatic N) is 9. The van der Waals surface area contributed by atoms with E-state index in [1.54, 1.807) is 0 Å². The van der Waals surface area contributed by atoms with Crippen LogP contribution in [0.3, 0.4) is 0 Å². The van der Waals surface area contributed by atoms with E-state index in [0.29, 0.717) is 11.6 Å². The van der Waals surface area contributed by atoms with Gasteiger partial charge in [-0.1, -0.05) is 6.07 Å². The van der Waals surface area contributed by atoms with E-state index < -0.39 is 0 Å². The van der Waals surface area contributed by atoms with Crippen molar-refractivity contribution < 1.29 is 0 Å². The molecule has 0 N–H and O–H groups in total. The van der Waals surface area contributed by atoms with Crippen molar-refractivity contribution in [3.8, 4) is 0 Å². The van der Waals surface area contributed by atoms with Gasteiger partial charge in [0.2, 0.25) is 0 Å². The Morgan fingerprint density at radius 2 is 1.86 bits per heavy atom. The van der Waals surface area contributed by atoms with Crippen LogP contribution < -0.4 is 9.80 Å². The first-order valence-electron chi connectivity index (χ1n) is 10.0. The quantitative estimate of drug-likeness (QED) is 0.663. The monoisotopic (exact) mass is 379 g/mol. The first-order valence-corrected chi connectivity index (χ1v) is 10.0. The molecule has 0 spiro atoms. The average Bonchev–Trinajstić information content (AvgIpc) is 3.23. The van der Waals surface area contributed by atoms with Crippen LogP contribution in [-0.2, 0) is 0 Å². The van der Waals surface area contributed by atoms with Crippen LogP contribution in [0.1, 0.15) is 12.8 Å². The van der Waals surface area contributed by atoms with Gasteiger partial charge < -0.3 is 9.80 Å². The number of hydrogen-bond acceptors (Lipinski definition) is 8. The molecule has 9 heteroatoms. The van der Waals surface area contributed by atoms with Crippen molar-refractivity contribution in [2.75, 3.05) is 55.6 Å². The second-order valence-electron chi connectivity index (χ2n) is 7.65. The topological polar surface area (TPSA) is 78.6 Å². The normalized spacial score (nSPS) is 21.4.